The van der Waals surface area contributed by atoms with Crippen LogP contribution in [-0.4, -0.2) is 120 Å². The highest BCUT2D eigenvalue weighted by molar-refractivity contribution is 6.69. The third kappa shape index (κ3) is 19.6. The smallest absolute Gasteiger partial charge is 0.428 e. The fourth-order valence-corrected chi connectivity index (χ4v) is 6.20. The van der Waals surface area contributed by atoms with Crippen LogP contribution in [0.3, 0.4) is 0 Å². The SMILES string of the molecule is CCc1cccc(CC(=O)c2cc(OC(F)(F)C(F)OC(F)(F)C(F)(OC(F)(F)C(F)(F)C(F)(F)F)C(F)(F)F)cc(C(C)=O)c2)c1.Nc1ccc(N)cc1.O=C(Cl)c1cc(OC(F)(F)C(F)OC(F)(F)C(F)(OC(F)(F)C(F)(F)C(F)(F)F)C(F)(F)F)cc(C(=O)Cl)c1. The van der Waals surface area contributed by atoms with Crippen LogP contribution in [0.5, 0.6) is 11.5 Å². The molecule has 4 N–H and O–H groups in total. The minimum atomic E-state index is -7.86. The summed E-state index contributed by atoms with van der Waals surface area (Å²) < 4.78 is 438. The van der Waals surface area contributed by atoms with Crippen LogP contribution in [0, 0.1) is 0 Å². The zero-order chi connectivity index (χ0) is 73.8. The first kappa shape index (κ1) is 83.0. The summed E-state index contributed by atoms with van der Waals surface area (Å²) in [4.78, 5) is 46.9. The highest BCUT2D eigenvalue weighted by atomic mass is 35.5. The summed E-state index contributed by atoms with van der Waals surface area (Å²) >= 11 is 9.99. The minimum absolute atomic E-state index is 0.121. The normalized spacial score (nSPS) is 15.4. The molecule has 0 amide bonds. The zero-order valence-corrected chi connectivity index (χ0v) is 46.3. The standard InChI is InChI=1S/C26H18F16O5.C16H4Cl2F16O5.C6H8N2/c1-3-13-5-4-6-14(7-13)8-18(44)16-9-15(12(2)43)10-17(11-16)45-20(28,29)19(27)46-26(41,42)22(32,24(36,37)38)47-25(39,40)21(30,31)23(33,34)35;17-7(35)4-1-5(8(18)36)3-6(2-4)37-10(20,21)9(19)38-16(33,34)12(24,14(28,29)30)39-15(31,32)11(22,23)13(25,26)27;7-5-1-2-6(8)4-3-5/h4-7,9-11,19H,3,8H2,1-2H3;1-3,9H;1-4H,7-8H2. The van der Waals surface area contributed by atoms with Gasteiger partial charge in [-0.05, 0) is 108 Å². The number of carbonyl (C=O) groups excluding carboxylic acids is 4. The fourth-order valence-electron chi connectivity index (χ4n) is 5.98. The number of Topliss-reactive ketones (excluding diaryl/α,β-unsaturated/α-hetero) is 2. The quantitative estimate of drug-likeness (QED) is 0.0278. The van der Waals surface area contributed by atoms with Crippen molar-refractivity contribution in [1.82, 2.24) is 0 Å². The summed E-state index contributed by atoms with van der Waals surface area (Å²) in [5.74, 6) is -36.2. The Bertz CT molecular complexity index is 3260. The Balaban J connectivity index is 0.000000577. The molecule has 4 rings (SSSR count). The lowest BCUT2D eigenvalue weighted by Gasteiger charge is -2.38. The van der Waals surface area contributed by atoms with Crippen LogP contribution in [0.25, 0.3) is 0 Å². The van der Waals surface area contributed by atoms with Crippen LogP contribution in [0.4, 0.5) is 152 Å². The van der Waals surface area contributed by atoms with E-state index in [1.165, 1.54) is 15.5 Å². The molecule has 46 heteroatoms. The highest BCUT2D eigenvalue weighted by Crippen LogP contribution is 2.58. The molecule has 94 heavy (non-hydrogen) atoms. The number of aryl methyl sites for hydroxylation is 1. The lowest BCUT2D eigenvalue weighted by atomic mass is 9.98. The molecule has 12 nitrogen and oxygen atoms in total. The average Bonchev–Trinajstić information content (AvgIpc) is 0.737. The molecule has 0 spiro atoms. The number of ether oxygens (including phenoxy) is 6. The number of benzene rings is 4. The molecule has 0 aliphatic rings. The van der Waals surface area contributed by atoms with Gasteiger partial charge in [-0.3, -0.25) is 38.1 Å². The Labute approximate surface area is 509 Å². The number of nitrogens with two attached hydrogens (primary N) is 2. The Hall–Kier alpha value is -7.06. The van der Waals surface area contributed by atoms with E-state index in [0.717, 1.165) is 29.9 Å². The number of halogens is 34. The van der Waals surface area contributed by atoms with Gasteiger partial charge in [-0.1, -0.05) is 31.2 Å². The number of hydrogen-bond acceptors (Lipinski definition) is 12. The van der Waals surface area contributed by atoms with Crippen LogP contribution in [-0.2, 0) is 31.8 Å². The molecule has 4 aromatic rings. The number of nitrogen functional groups attached to an aromatic ring is 2. The second-order valence-corrected chi connectivity index (χ2v) is 18.5. The molecule has 4 aromatic carbocycles. The number of anilines is 2. The summed E-state index contributed by atoms with van der Waals surface area (Å²) in [5, 5.41) is -3.10. The van der Waals surface area contributed by atoms with Crippen LogP contribution in [0.1, 0.15) is 66.4 Å². The van der Waals surface area contributed by atoms with Crippen molar-refractivity contribution in [1.29, 1.82) is 0 Å². The summed E-state index contributed by atoms with van der Waals surface area (Å²) in [6.07, 6.45) is -84.3. The van der Waals surface area contributed by atoms with Crippen molar-refractivity contribution in [3.8, 4) is 11.5 Å². The zero-order valence-electron chi connectivity index (χ0n) is 44.7. The topological polar surface area (TPSA) is 176 Å². The maximum atomic E-state index is 14.4. The van der Waals surface area contributed by atoms with Gasteiger partial charge in [0.1, 0.15) is 11.5 Å². The number of carbonyl (C=O) groups is 4. The Morgan fingerprint density at radius 3 is 1.03 bits per heavy atom. The van der Waals surface area contributed by atoms with E-state index in [0.29, 0.717) is 30.2 Å². The average molecular weight is 1470 g/mol. The van der Waals surface area contributed by atoms with Gasteiger partial charge in [0.25, 0.3) is 10.5 Å². The lowest BCUT2D eigenvalue weighted by molar-refractivity contribution is -0.543. The van der Waals surface area contributed by atoms with E-state index in [1.807, 2.05) is 0 Å². The molecule has 0 fully saturated rings. The van der Waals surface area contributed by atoms with Gasteiger partial charge in [-0.15, -0.1) is 0 Å². The second kappa shape index (κ2) is 28.7. The largest absolute Gasteiger partial charge is 0.462 e. The van der Waals surface area contributed by atoms with Crippen molar-refractivity contribution >= 4 is 56.6 Å². The molecule has 4 unspecified atom stereocenters. The highest BCUT2D eigenvalue weighted by Gasteiger charge is 2.86. The number of ketones is 2. The second-order valence-electron chi connectivity index (χ2n) is 17.8. The van der Waals surface area contributed by atoms with E-state index in [1.54, 1.807) is 49.4 Å². The van der Waals surface area contributed by atoms with Gasteiger partial charge >= 0.3 is 97.6 Å². The van der Waals surface area contributed by atoms with Crippen molar-refractivity contribution in [2.24, 2.45) is 0 Å². The van der Waals surface area contributed by atoms with Crippen molar-refractivity contribution < 1.29 is 188 Å². The summed E-state index contributed by atoms with van der Waals surface area (Å²) in [6.45, 7) is 2.58. The first-order chi connectivity index (χ1) is 41.8. The summed E-state index contributed by atoms with van der Waals surface area (Å²) in [5.41, 5.74) is 10.3. The molecule has 4 atom stereocenters. The van der Waals surface area contributed by atoms with Gasteiger partial charge < -0.3 is 20.9 Å². The van der Waals surface area contributed by atoms with Crippen molar-refractivity contribution in [2.75, 3.05) is 11.5 Å². The monoisotopic (exact) mass is 1470 g/mol. The van der Waals surface area contributed by atoms with Gasteiger partial charge in [0, 0.05) is 40.0 Å². The number of alkyl halides is 32. The van der Waals surface area contributed by atoms with E-state index in [-0.39, 0.29) is 12.1 Å². The van der Waals surface area contributed by atoms with Crippen molar-refractivity contribution in [3.63, 3.8) is 0 Å². The molecule has 0 heterocycles. The van der Waals surface area contributed by atoms with E-state index in [9.17, 15) is 160 Å². The van der Waals surface area contributed by atoms with Gasteiger partial charge in [-0.2, -0.15) is 132 Å². The maximum absolute atomic E-state index is 14.4. The Morgan fingerprint density at radius 2 is 0.734 bits per heavy atom. The van der Waals surface area contributed by atoms with E-state index >= 15 is 0 Å². The number of hydrogen-bond donors (Lipinski definition) is 2. The third-order valence-corrected chi connectivity index (χ3v) is 11.1. The predicted molar refractivity (Wildman–Crippen MR) is 249 cm³/mol. The molecule has 0 aromatic heterocycles. The first-order valence-electron chi connectivity index (χ1n) is 23.3. The number of rotatable bonds is 25. The van der Waals surface area contributed by atoms with E-state index in [4.69, 9.17) is 34.7 Å². The van der Waals surface area contributed by atoms with Crippen molar-refractivity contribution in [3.05, 3.63) is 118 Å². The Morgan fingerprint density at radius 1 is 0.426 bits per heavy atom. The Kier molecular flexibility index (Phi) is 25.4. The van der Waals surface area contributed by atoms with Crippen LogP contribution >= 0.6 is 23.2 Å². The maximum Gasteiger partial charge on any atom is 0.462 e. The van der Waals surface area contributed by atoms with Gasteiger partial charge in [0.15, 0.2) is 11.6 Å². The first-order valence-corrected chi connectivity index (χ1v) is 24.1. The molecule has 0 radical (unpaired) electrons. The molecular formula is C48H30Cl2F32N2O10. The van der Waals surface area contributed by atoms with Crippen LogP contribution < -0.4 is 20.9 Å². The van der Waals surface area contributed by atoms with E-state index in [2.05, 4.69) is 18.9 Å². The molecule has 0 aliphatic carbocycles. The van der Waals surface area contributed by atoms with Crippen LogP contribution in [0.2, 0.25) is 0 Å². The molecule has 0 saturated heterocycles. The van der Waals surface area contributed by atoms with Gasteiger partial charge in [0.05, 0.1) is 0 Å². The molecule has 530 valence electrons. The third-order valence-electron chi connectivity index (χ3n) is 10.7. The lowest BCUT2D eigenvalue weighted by Crippen LogP contribution is -2.66. The predicted octanol–water partition coefficient (Wildman–Crippen LogP) is 17.0. The summed E-state index contributed by atoms with van der Waals surface area (Å²) in [6, 6.07) is 15.7. The molecule has 0 aliphatic heterocycles. The van der Waals surface area contributed by atoms with E-state index < -0.39 is 160 Å². The van der Waals surface area contributed by atoms with Crippen LogP contribution in [0.15, 0.2) is 84.9 Å². The summed E-state index contributed by atoms with van der Waals surface area (Å²) in [7, 11) is 0. The molecule has 0 saturated carbocycles. The minimum Gasteiger partial charge on any atom is -0.428 e. The van der Waals surface area contributed by atoms with Gasteiger partial charge in [0.2, 0.25) is 0 Å². The molecular weight excluding hydrogens is 1440 g/mol. The fraction of sp³-hybridized carbons (Fsp3) is 0.417. The van der Waals surface area contributed by atoms with Crippen molar-refractivity contribution in [2.45, 2.75) is 124 Å². The van der Waals surface area contributed by atoms with Gasteiger partial charge in [-0.25, -0.2) is 8.78 Å². The molecule has 0 bridgehead atoms.